The number of aliphatic hydroxyl groups is 3. The molecule has 3 nitrogen and oxygen atoms in total. The van der Waals surface area contributed by atoms with Crippen molar-refractivity contribution in [2.75, 3.05) is 0 Å². The highest BCUT2D eigenvalue weighted by Gasteiger charge is 2.36. The first-order valence-electron chi connectivity index (χ1n) is 7.61. The molecule has 0 aromatic rings. The molecule has 0 aromatic heterocycles. The fourth-order valence-electron chi connectivity index (χ4n) is 2.57. The maximum Gasteiger partial charge on any atom is 0.115 e. The molecule has 0 radical (unpaired) electrons. The second kappa shape index (κ2) is 9.03. The normalized spacial score (nSPS) is 25.2. The molecule has 3 atom stereocenters. The molecule has 0 bridgehead atoms. The molecule has 1 saturated carbocycles. The average Bonchev–Trinajstić information content (AvgIpc) is 2.40. The maximum absolute atomic E-state index is 10.0. The third-order valence-corrected chi connectivity index (χ3v) is 3.93. The number of hydrogen-bond acceptors (Lipinski definition) is 3. The smallest absolute Gasteiger partial charge is 0.115 e. The van der Waals surface area contributed by atoms with Gasteiger partial charge in [-0.25, -0.2) is 0 Å². The number of aliphatic hydroxyl groups excluding tert-OH is 3. The van der Waals surface area contributed by atoms with E-state index in [-0.39, 0.29) is 12.3 Å². The Labute approximate surface area is 122 Å². The van der Waals surface area contributed by atoms with Crippen molar-refractivity contribution in [3.8, 4) is 23.7 Å². The van der Waals surface area contributed by atoms with Gasteiger partial charge in [-0.3, -0.25) is 0 Å². The van der Waals surface area contributed by atoms with E-state index in [1.807, 2.05) is 6.92 Å². The van der Waals surface area contributed by atoms with Crippen molar-refractivity contribution in [2.45, 2.75) is 70.7 Å². The predicted octanol–water partition coefficient (Wildman–Crippen LogP) is 1.70. The van der Waals surface area contributed by atoms with Gasteiger partial charge < -0.3 is 15.3 Å². The van der Waals surface area contributed by atoms with Crippen molar-refractivity contribution in [1.29, 1.82) is 0 Å². The van der Waals surface area contributed by atoms with Gasteiger partial charge in [0, 0.05) is 6.42 Å². The molecule has 1 aliphatic rings. The van der Waals surface area contributed by atoms with Crippen LogP contribution < -0.4 is 0 Å². The summed E-state index contributed by atoms with van der Waals surface area (Å²) < 4.78 is 0. The Bertz CT molecular complexity index is 390. The van der Waals surface area contributed by atoms with Crippen LogP contribution in [0.25, 0.3) is 0 Å². The van der Waals surface area contributed by atoms with Crippen LogP contribution in [-0.4, -0.2) is 33.6 Å². The second-order valence-corrected chi connectivity index (χ2v) is 5.64. The summed E-state index contributed by atoms with van der Waals surface area (Å²) >= 11 is 0. The number of hydrogen-bond donors (Lipinski definition) is 3. The van der Waals surface area contributed by atoms with Gasteiger partial charge in [0.1, 0.15) is 6.10 Å². The first-order valence-corrected chi connectivity index (χ1v) is 7.61. The van der Waals surface area contributed by atoms with Gasteiger partial charge >= 0.3 is 0 Å². The lowest BCUT2D eigenvalue weighted by atomic mass is 9.69. The molecule has 0 spiro atoms. The van der Waals surface area contributed by atoms with E-state index >= 15 is 0 Å². The van der Waals surface area contributed by atoms with Crippen LogP contribution in [0.15, 0.2) is 0 Å². The zero-order chi connectivity index (χ0) is 15.0. The zero-order valence-corrected chi connectivity index (χ0v) is 12.5. The minimum atomic E-state index is -0.798. The van der Waals surface area contributed by atoms with Crippen LogP contribution >= 0.6 is 0 Å². The van der Waals surface area contributed by atoms with E-state index in [4.69, 9.17) is 0 Å². The fraction of sp³-hybridized carbons (Fsp3) is 0.765. The highest BCUT2D eigenvalue weighted by atomic mass is 16.3. The Balaban J connectivity index is 2.27. The SMILES string of the molecule is CCCC1CC(C(O)C(O)CC#CC#CC(O)CC)C1. The summed E-state index contributed by atoms with van der Waals surface area (Å²) in [5.41, 5.74) is 0. The monoisotopic (exact) mass is 278 g/mol. The molecule has 0 aromatic carbocycles. The van der Waals surface area contributed by atoms with E-state index in [2.05, 4.69) is 30.6 Å². The molecule has 112 valence electrons. The van der Waals surface area contributed by atoms with Gasteiger partial charge in [0.05, 0.1) is 12.2 Å². The Hall–Kier alpha value is -1.00. The summed E-state index contributed by atoms with van der Waals surface area (Å²) in [5.74, 6) is 11.4. The predicted molar refractivity (Wildman–Crippen MR) is 79.6 cm³/mol. The van der Waals surface area contributed by atoms with E-state index < -0.39 is 18.3 Å². The van der Waals surface area contributed by atoms with Crippen molar-refractivity contribution in [3.05, 3.63) is 0 Å². The first kappa shape index (κ1) is 17.1. The van der Waals surface area contributed by atoms with Gasteiger partial charge in [-0.05, 0) is 42.9 Å². The van der Waals surface area contributed by atoms with Crippen molar-refractivity contribution >= 4 is 0 Å². The Morgan fingerprint density at radius 1 is 1.10 bits per heavy atom. The van der Waals surface area contributed by atoms with Crippen LogP contribution in [0.4, 0.5) is 0 Å². The van der Waals surface area contributed by atoms with Crippen molar-refractivity contribution in [2.24, 2.45) is 11.8 Å². The topological polar surface area (TPSA) is 60.7 Å². The molecule has 20 heavy (non-hydrogen) atoms. The van der Waals surface area contributed by atoms with Crippen LogP contribution in [0.5, 0.6) is 0 Å². The summed E-state index contributed by atoms with van der Waals surface area (Å²) in [5, 5.41) is 29.1. The molecule has 0 heterocycles. The summed E-state index contributed by atoms with van der Waals surface area (Å²) in [6.07, 6.45) is 3.14. The van der Waals surface area contributed by atoms with Crippen molar-refractivity contribution in [1.82, 2.24) is 0 Å². The lowest BCUT2D eigenvalue weighted by Gasteiger charge is -2.39. The van der Waals surface area contributed by atoms with Gasteiger partial charge in [0.25, 0.3) is 0 Å². The molecular formula is C17H26O3. The highest BCUT2D eigenvalue weighted by Crippen LogP contribution is 2.39. The molecule has 1 rings (SSSR count). The third kappa shape index (κ3) is 5.55. The molecule has 3 heteroatoms. The second-order valence-electron chi connectivity index (χ2n) is 5.64. The third-order valence-electron chi connectivity index (χ3n) is 3.93. The fourth-order valence-corrected chi connectivity index (χ4v) is 2.57. The molecule has 3 N–H and O–H groups in total. The zero-order valence-electron chi connectivity index (χ0n) is 12.5. The standard InChI is InChI=1S/C17H26O3/c1-3-8-13-11-14(12-13)17(20)16(19)10-7-5-6-9-15(18)4-2/h13-20H,3-4,8,10-12H2,1-2H3. The van der Waals surface area contributed by atoms with Gasteiger partial charge in [-0.2, -0.15) is 0 Å². The molecule has 0 saturated heterocycles. The van der Waals surface area contributed by atoms with Crippen LogP contribution in [0, 0.1) is 35.5 Å². The van der Waals surface area contributed by atoms with Crippen LogP contribution in [0.2, 0.25) is 0 Å². The van der Waals surface area contributed by atoms with Gasteiger partial charge in [0.15, 0.2) is 0 Å². The lowest BCUT2D eigenvalue weighted by Crippen LogP contribution is -2.40. The van der Waals surface area contributed by atoms with Crippen molar-refractivity contribution in [3.63, 3.8) is 0 Å². The summed E-state index contributed by atoms with van der Waals surface area (Å²) in [6.45, 7) is 4.02. The van der Waals surface area contributed by atoms with Gasteiger partial charge in [0.2, 0.25) is 0 Å². The van der Waals surface area contributed by atoms with Crippen LogP contribution in [0.3, 0.4) is 0 Å². The minimum absolute atomic E-state index is 0.219. The average molecular weight is 278 g/mol. The molecular weight excluding hydrogens is 252 g/mol. The van der Waals surface area contributed by atoms with Gasteiger partial charge in [-0.1, -0.05) is 38.5 Å². The Kier molecular flexibility index (Phi) is 7.70. The Morgan fingerprint density at radius 3 is 2.40 bits per heavy atom. The Morgan fingerprint density at radius 2 is 1.80 bits per heavy atom. The van der Waals surface area contributed by atoms with E-state index in [0.717, 1.165) is 18.8 Å². The van der Waals surface area contributed by atoms with Crippen LogP contribution in [0.1, 0.15) is 52.4 Å². The largest absolute Gasteiger partial charge is 0.390 e. The van der Waals surface area contributed by atoms with E-state index in [1.54, 1.807) is 0 Å². The minimum Gasteiger partial charge on any atom is -0.390 e. The quantitative estimate of drug-likeness (QED) is 0.648. The molecule has 1 aliphatic carbocycles. The lowest BCUT2D eigenvalue weighted by molar-refractivity contribution is -0.0547. The highest BCUT2D eigenvalue weighted by molar-refractivity contribution is 5.27. The van der Waals surface area contributed by atoms with E-state index in [9.17, 15) is 15.3 Å². The number of rotatable bonds is 6. The summed E-state index contributed by atoms with van der Waals surface area (Å²) in [4.78, 5) is 0. The maximum atomic E-state index is 10.0. The van der Waals surface area contributed by atoms with Crippen LogP contribution in [-0.2, 0) is 0 Å². The molecule has 3 unspecified atom stereocenters. The van der Waals surface area contributed by atoms with Crippen molar-refractivity contribution < 1.29 is 15.3 Å². The summed E-state index contributed by atoms with van der Waals surface area (Å²) in [7, 11) is 0. The molecule has 0 aliphatic heterocycles. The summed E-state index contributed by atoms with van der Waals surface area (Å²) in [6, 6.07) is 0. The van der Waals surface area contributed by atoms with E-state index in [0.29, 0.717) is 6.42 Å². The molecule has 1 fully saturated rings. The molecule has 0 amide bonds. The van der Waals surface area contributed by atoms with E-state index in [1.165, 1.54) is 12.8 Å². The first-order chi connectivity index (χ1) is 9.58. The van der Waals surface area contributed by atoms with Gasteiger partial charge in [-0.15, -0.1) is 0 Å².